The zero-order valence-electron chi connectivity index (χ0n) is 12.6. The summed E-state index contributed by atoms with van der Waals surface area (Å²) >= 11 is 0. The summed E-state index contributed by atoms with van der Waals surface area (Å²) in [7, 11) is 0. The van der Waals surface area contributed by atoms with Crippen LogP contribution in [0, 0.1) is 11.8 Å². The van der Waals surface area contributed by atoms with Crippen molar-refractivity contribution < 1.29 is 9.53 Å². The van der Waals surface area contributed by atoms with Gasteiger partial charge in [0.15, 0.2) is 0 Å². The average Bonchev–Trinajstić information content (AvgIpc) is 3.22. The summed E-state index contributed by atoms with van der Waals surface area (Å²) in [5.41, 5.74) is 0. The van der Waals surface area contributed by atoms with E-state index in [0.29, 0.717) is 12.6 Å². The molecule has 1 atom stereocenters. The van der Waals surface area contributed by atoms with Gasteiger partial charge in [0.2, 0.25) is 0 Å². The van der Waals surface area contributed by atoms with Crippen molar-refractivity contribution in [1.82, 2.24) is 10.2 Å². The highest BCUT2D eigenvalue weighted by Crippen LogP contribution is 2.33. The number of nitrogens with one attached hydrogen (secondary N) is 1. The number of carbonyl (C=O) groups excluding carboxylic acids is 1. The van der Waals surface area contributed by atoms with Crippen molar-refractivity contribution in [2.45, 2.75) is 57.5 Å². The molecule has 0 aromatic heterocycles. The number of nitrogens with zero attached hydrogens (tertiary/aromatic N) is 1. The van der Waals surface area contributed by atoms with Crippen LogP contribution in [0.3, 0.4) is 0 Å². The molecule has 0 aromatic rings. The fourth-order valence-corrected chi connectivity index (χ4v) is 2.79. The maximum absolute atomic E-state index is 12.1. The summed E-state index contributed by atoms with van der Waals surface area (Å²) in [6.45, 7) is 5.56. The molecule has 3 fully saturated rings. The minimum absolute atomic E-state index is 0.0593. The fraction of sp³-hybridized carbons (Fsp3) is 0.938. The third kappa shape index (κ3) is 4.74. The Kier molecular flexibility index (Phi) is 4.61. The van der Waals surface area contributed by atoms with Crippen LogP contribution in [0.4, 0.5) is 0 Å². The van der Waals surface area contributed by atoms with Gasteiger partial charge in [-0.15, -0.1) is 0 Å². The Labute approximate surface area is 122 Å². The number of hydrogen-bond acceptors (Lipinski definition) is 4. The van der Waals surface area contributed by atoms with Gasteiger partial charge in [-0.25, -0.2) is 0 Å². The molecule has 0 heterocycles. The fourth-order valence-electron chi connectivity index (χ4n) is 2.79. The zero-order chi connectivity index (χ0) is 13.9. The van der Waals surface area contributed by atoms with Crippen molar-refractivity contribution in [3.63, 3.8) is 0 Å². The van der Waals surface area contributed by atoms with Gasteiger partial charge in [-0.3, -0.25) is 4.79 Å². The summed E-state index contributed by atoms with van der Waals surface area (Å²) in [5.74, 6) is 1.71. The first-order valence-corrected chi connectivity index (χ1v) is 8.39. The standard InChI is InChI=1S/C16H28N2O2/c1-2-20-16(19)15(17-14-7-8-14)11-18(9-12-3-4-12)10-13-5-6-13/h12-15,17H,2-11H2,1H3. The SMILES string of the molecule is CCOC(=O)C(CN(CC1CC1)CC1CC1)NC1CC1. The van der Waals surface area contributed by atoms with Crippen LogP contribution < -0.4 is 5.32 Å². The van der Waals surface area contributed by atoms with Crippen molar-refractivity contribution in [1.29, 1.82) is 0 Å². The van der Waals surface area contributed by atoms with Crippen molar-refractivity contribution in [3.05, 3.63) is 0 Å². The maximum Gasteiger partial charge on any atom is 0.324 e. The number of rotatable bonds is 10. The minimum atomic E-state index is -0.125. The van der Waals surface area contributed by atoms with E-state index < -0.39 is 0 Å². The van der Waals surface area contributed by atoms with E-state index in [1.807, 2.05) is 6.92 Å². The molecule has 0 saturated heterocycles. The van der Waals surface area contributed by atoms with E-state index in [9.17, 15) is 4.79 Å². The Hall–Kier alpha value is -0.610. The molecule has 0 amide bonds. The van der Waals surface area contributed by atoms with Gasteiger partial charge < -0.3 is 15.0 Å². The van der Waals surface area contributed by atoms with Crippen LogP contribution in [0.1, 0.15) is 45.4 Å². The van der Waals surface area contributed by atoms with Gasteiger partial charge in [-0.05, 0) is 57.3 Å². The summed E-state index contributed by atoms with van der Waals surface area (Å²) in [6.07, 6.45) is 7.92. The Bertz CT molecular complexity index is 321. The van der Waals surface area contributed by atoms with E-state index in [-0.39, 0.29) is 12.0 Å². The van der Waals surface area contributed by atoms with E-state index in [0.717, 1.165) is 18.4 Å². The predicted octanol–water partition coefficient (Wildman–Crippen LogP) is 1.79. The molecule has 3 aliphatic rings. The van der Waals surface area contributed by atoms with E-state index in [1.54, 1.807) is 0 Å². The lowest BCUT2D eigenvalue weighted by molar-refractivity contribution is -0.146. The lowest BCUT2D eigenvalue weighted by Gasteiger charge is -2.27. The average molecular weight is 280 g/mol. The molecule has 0 aliphatic heterocycles. The number of esters is 1. The van der Waals surface area contributed by atoms with Crippen LogP contribution >= 0.6 is 0 Å². The predicted molar refractivity (Wildman–Crippen MR) is 78.5 cm³/mol. The first kappa shape index (κ1) is 14.3. The van der Waals surface area contributed by atoms with Gasteiger partial charge >= 0.3 is 5.97 Å². The first-order chi connectivity index (χ1) is 9.74. The van der Waals surface area contributed by atoms with Gasteiger partial charge in [0.05, 0.1) is 6.61 Å². The van der Waals surface area contributed by atoms with Crippen LogP contribution in [0.15, 0.2) is 0 Å². The molecule has 3 rings (SSSR count). The molecule has 4 heteroatoms. The Morgan fingerprint density at radius 3 is 2.20 bits per heavy atom. The quantitative estimate of drug-likeness (QED) is 0.620. The largest absolute Gasteiger partial charge is 0.465 e. The summed E-state index contributed by atoms with van der Waals surface area (Å²) < 4.78 is 5.25. The second-order valence-electron chi connectivity index (χ2n) is 6.85. The second-order valence-corrected chi connectivity index (χ2v) is 6.85. The molecular formula is C16H28N2O2. The molecule has 0 bridgehead atoms. The van der Waals surface area contributed by atoms with E-state index >= 15 is 0 Å². The molecule has 4 nitrogen and oxygen atoms in total. The highest BCUT2D eigenvalue weighted by atomic mass is 16.5. The van der Waals surface area contributed by atoms with Gasteiger partial charge in [0, 0.05) is 25.7 Å². The zero-order valence-corrected chi connectivity index (χ0v) is 12.6. The topological polar surface area (TPSA) is 41.6 Å². The smallest absolute Gasteiger partial charge is 0.324 e. The Morgan fingerprint density at radius 1 is 1.15 bits per heavy atom. The van der Waals surface area contributed by atoms with Gasteiger partial charge in [0.1, 0.15) is 6.04 Å². The summed E-state index contributed by atoms with van der Waals surface area (Å²) in [6, 6.07) is 0.424. The molecular weight excluding hydrogens is 252 g/mol. The van der Waals surface area contributed by atoms with Crippen molar-refractivity contribution >= 4 is 5.97 Å². The number of ether oxygens (including phenoxy) is 1. The lowest BCUT2D eigenvalue weighted by atomic mass is 10.2. The summed E-state index contributed by atoms with van der Waals surface area (Å²) in [4.78, 5) is 14.7. The number of carbonyl (C=O) groups is 1. The van der Waals surface area contributed by atoms with Gasteiger partial charge in [-0.2, -0.15) is 0 Å². The van der Waals surface area contributed by atoms with Crippen LogP contribution in [0.2, 0.25) is 0 Å². The van der Waals surface area contributed by atoms with Gasteiger partial charge in [0.25, 0.3) is 0 Å². The van der Waals surface area contributed by atoms with Crippen molar-refractivity contribution in [2.24, 2.45) is 11.8 Å². The third-order valence-corrected chi connectivity index (χ3v) is 4.45. The van der Waals surface area contributed by atoms with Gasteiger partial charge in [-0.1, -0.05) is 0 Å². The highest BCUT2D eigenvalue weighted by molar-refractivity contribution is 5.76. The molecule has 1 unspecified atom stereocenters. The molecule has 0 aromatic carbocycles. The van der Waals surface area contributed by atoms with E-state index in [4.69, 9.17) is 4.74 Å². The number of hydrogen-bond donors (Lipinski definition) is 1. The Morgan fingerprint density at radius 2 is 1.75 bits per heavy atom. The Balaban J connectivity index is 1.53. The van der Waals surface area contributed by atoms with Crippen LogP contribution in [0.25, 0.3) is 0 Å². The van der Waals surface area contributed by atoms with Crippen molar-refractivity contribution in [2.75, 3.05) is 26.2 Å². The molecule has 20 heavy (non-hydrogen) atoms. The second kappa shape index (κ2) is 6.44. The monoisotopic (exact) mass is 280 g/mol. The molecule has 3 saturated carbocycles. The molecule has 0 radical (unpaired) electrons. The highest BCUT2D eigenvalue weighted by Gasteiger charge is 2.34. The van der Waals surface area contributed by atoms with Crippen LogP contribution in [-0.2, 0) is 9.53 Å². The first-order valence-electron chi connectivity index (χ1n) is 8.39. The van der Waals surface area contributed by atoms with Crippen LogP contribution in [0.5, 0.6) is 0 Å². The molecule has 114 valence electrons. The maximum atomic E-state index is 12.1. The van der Waals surface area contributed by atoms with E-state index in [1.165, 1.54) is 51.6 Å². The summed E-state index contributed by atoms with van der Waals surface area (Å²) in [5, 5.41) is 3.48. The van der Waals surface area contributed by atoms with E-state index in [2.05, 4.69) is 10.2 Å². The van der Waals surface area contributed by atoms with Crippen LogP contribution in [-0.4, -0.2) is 49.2 Å². The molecule has 0 spiro atoms. The minimum Gasteiger partial charge on any atom is -0.465 e. The molecule has 3 aliphatic carbocycles. The lowest BCUT2D eigenvalue weighted by Crippen LogP contribution is -2.48. The third-order valence-electron chi connectivity index (χ3n) is 4.45. The normalized spacial score (nSPS) is 23.9. The molecule has 1 N–H and O–H groups in total. The van der Waals surface area contributed by atoms with Crippen molar-refractivity contribution in [3.8, 4) is 0 Å².